The lowest BCUT2D eigenvalue weighted by Crippen LogP contribution is -2.17. The number of fused-ring (bicyclic) bond motifs is 8. The molecule has 0 atom stereocenters. The van der Waals surface area contributed by atoms with Gasteiger partial charge in [0.05, 0.1) is 5.69 Å². The number of nitrogens with zero attached hydrogens (tertiary/aromatic N) is 1. The van der Waals surface area contributed by atoms with E-state index >= 15 is 0 Å². The zero-order valence-electron chi connectivity index (χ0n) is 34.0. The van der Waals surface area contributed by atoms with E-state index in [1.165, 1.54) is 94.3 Å². The predicted octanol–water partition coefficient (Wildman–Crippen LogP) is 15.9. The molecule has 0 N–H and O–H groups in total. The van der Waals surface area contributed by atoms with Gasteiger partial charge in [-0.3, -0.25) is 0 Å². The van der Waals surface area contributed by atoms with Crippen LogP contribution >= 0.6 is 0 Å². The largest absolute Gasteiger partial charge is 0.310 e. The molecule has 0 heterocycles. The average Bonchev–Trinajstić information content (AvgIpc) is 3.65. The van der Waals surface area contributed by atoms with Crippen LogP contribution in [-0.2, 0) is 10.8 Å². The van der Waals surface area contributed by atoms with Gasteiger partial charge in [0.25, 0.3) is 0 Å². The fourth-order valence-corrected chi connectivity index (χ4v) is 10.1. The first-order valence-electron chi connectivity index (χ1n) is 20.8. The van der Waals surface area contributed by atoms with Crippen molar-refractivity contribution >= 4 is 27.8 Å². The number of anilines is 3. The van der Waals surface area contributed by atoms with Crippen LogP contribution in [0.3, 0.4) is 0 Å². The summed E-state index contributed by atoms with van der Waals surface area (Å²) in [5.41, 5.74) is 21.6. The second-order valence-electron chi connectivity index (χ2n) is 17.3. The van der Waals surface area contributed by atoms with Gasteiger partial charge >= 0.3 is 0 Å². The Morgan fingerprint density at radius 1 is 0.305 bits per heavy atom. The van der Waals surface area contributed by atoms with Crippen molar-refractivity contribution in [1.29, 1.82) is 0 Å². The fourth-order valence-electron chi connectivity index (χ4n) is 10.1. The normalized spacial score (nSPS) is 14.0. The molecule has 59 heavy (non-hydrogen) atoms. The Bertz CT molecular complexity index is 3040. The highest BCUT2D eigenvalue weighted by molar-refractivity contribution is 6.10. The smallest absolute Gasteiger partial charge is 0.0543 e. The summed E-state index contributed by atoms with van der Waals surface area (Å²) in [6, 6.07) is 73.9. The quantitative estimate of drug-likeness (QED) is 0.163. The van der Waals surface area contributed by atoms with E-state index in [1.807, 2.05) is 0 Å². The van der Waals surface area contributed by atoms with E-state index < -0.39 is 0 Å². The fraction of sp³-hybridized carbons (Fsp3) is 0.103. The van der Waals surface area contributed by atoms with Crippen LogP contribution in [0.5, 0.6) is 0 Å². The summed E-state index contributed by atoms with van der Waals surface area (Å²) < 4.78 is 0. The second kappa shape index (κ2) is 13.3. The third kappa shape index (κ3) is 5.53. The van der Waals surface area contributed by atoms with Crippen molar-refractivity contribution in [1.82, 2.24) is 0 Å². The molecule has 0 aliphatic heterocycles. The molecule has 9 aromatic carbocycles. The Morgan fingerprint density at radius 2 is 0.729 bits per heavy atom. The van der Waals surface area contributed by atoms with Crippen LogP contribution in [0.4, 0.5) is 17.1 Å². The van der Waals surface area contributed by atoms with Crippen LogP contribution in [-0.4, -0.2) is 0 Å². The van der Waals surface area contributed by atoms with Crippen LogP contribution in [0.25, 0.3) is 66.4 Å². The number of para-hydroxylation sites is 1. The van der Waals surface area contributed by atoms with E-state index in [-0.39, 0.29) is 10.8 Å². The minimum Gasteiger partial charge on any atom is -0.310 e. The van der Waals surface area contributed by atoms with Crippen LogP contribution in [0.2, 0.25) is 0 Å². The van der Waals surface area contributed by atoms with Gasteiger partial charge in [0.2, 0.25) is 0 Å². The van der Waals surface area contributed by atoms with Crippen molar-refractivity contribution in [2.75, 3.05) is 4.90 Å². The Balaban J connectivity index is 0.983. The van der Waals surface area contributed by atoms with Crippen LogP contribution in [0, 0.1) is 0 Å². The summed E-state index contributed by atoms with van der Waals surface area (Å²) in [6.07, 6.45) is 0. The summed E-state index contributed by atoms with van der Waals surface area (Å²) in [6.45, 7) is 9.61. The van der Waals surface area contributed by atoms with E-state index in [0.29, 0.717) is 0 Å². The van der Waals surface area contributed by atoms with Gasteiger partial charge in [-0.1, -0.05) is 185 Å². The third-order valence-electron chi connectivity index (χ3n) is 13.3. The molecule has 0 saturated heterocycles. The standard InChI is InChI=1S/C58H45N/c1-57(2)51-22-14-13-19-46(51)49-35-53-50(36-52(49)57)56-48-21-12-11-20-47(48)55(37-54(56)58(53,3)4)59(44-17-9-6-10-18-44)45-33-31-43(32-34-45)42-29-27-41(28-30-42)40-25-23-39(24-26-40)38-15-7-5-8-16-38/h5-37H,1-4H3. The molecule has 0 unspecified atom stereocenters. The SMILES string of the molecule is CC1(C)c2ccccc2-c2cc3c(cc21)-c1c(cc(N(c2ccccc2)c2ccc(-c4ccc(-c5ccc(-c6ccccc6)cc5)cc4)cc2)c2ccccc12)C3(C)C. The van der Waals surface area contributed by atoms with Gasteiger partial charge in [0, 0.05) is 27.6 Å². The molecule has 0 amide bonds. The molecule has 11 rings (SSSR count). The van der Waals surface area contributed by atoms with Crippen molar-refractivity contribution < 1.29 is 0 Å². The van der Waals surface area contributed by atoms with E-state index in [0.717, 1.165) is 11.4 Å². The second-order valence-corrected chi connectivity index (χ2v) is 17.3. The number of rotatable bonds is 6. The lowest BCUT2D eigenvalue weighted by molar-refractivity contribution is 0.652. The Kier molecular flexibility index (Phi) is 7.94. The average molecular weight is 756 g/mol. The molecule has 0 bridgehead atoms. The lowest BCUT2D eigenvalue weighted by Gasteiger charge is -2.30. The monoisotopic (exact) mass is 755 g/mol. The Morgan fingerprint density at radius 3 is 1.34 bits per heavy atom. The summed E-state index contributed by atoms with van der Waals surface area (Å²) in [4.78, 5) is 2.45. The van der Waals surface area contributed by atoms with Crippen molar-refractivity contribution in [2.24, 2.45) is 0 Å². The molecular formula is C58H45N. The van der Waals surface area contributed by atoms with Crippen molar-refractivity contribution in [3.05, 3.63) is 222 Å². The van der Waals surface area contributed by atoms with Gasteiger partial charge in [-0.15, -0.1) is 0 Å². The molecule has 0 radical (unpaired) electrons. The first kappa shape index (κ1) is 35.2. The van der Waals surface area contributed by atoms with Crippen molar-refractivity contribution in [2.45, 2.75) is 38.5 Å². The molecule has 0 fully saturated rings. The minimum absolute atomic E-state index is 0.0585. The summed E-state index contributed by atoms with van der Waals surface area (Å²) >= 11 is 0. The van der Waals surface area contributed by atoms with Crippen LogP contribution in [0.1, 0.15) is 49.9 Å². The first-order chi connectivity index (χ1) is 28.8. The van der Waals surface area contributed by atoms with E-state index in [1.54, 1.807) is 0 Å². The van der Waals surface area contributed by atoms with E-state index in [9.17, 15) is 0 Å². The number of benzene rings is 9. The maximum absolute atomic E-state index is 2.53. The van der Waals surface area contributed by atoms with Crippen LogP contribution < -0.4 is 4.90 Å². The molecule has 2 aliphatic rings. The summed E-state index contributed by atoms with van der Waals surface area (Å²) in [5.74, 6) is 0. The highest BCUT2D eigenvalue weighted by Crippen LogP contribution is 2.58. The van der Waals surface area contributed by atoms with Gasteiger partial charge in [0.15, 0.2) is 0 Å². The van der Waals surface area contributed by atoms with Gasteiger partial charge < -0.3 is 4.90 Å². The zero-order chi connectivity index (χ0) is 39.9. The van der Waals surface area contributed by atoms with E-state index in [4.69, 9.17) is 0 Å². The van der Waals surface area contributed by atoms with Gasteiger partial charge in [0.1, 0.15) is 0 Å². The molecule has 0 saturated carbocycles. The molecular weight excluding hydrogens is 711 g/mol. The first-order valence-corrected chi connectivity index (χ1v) is 20.8. The molecule has 282 valence electrons. The highest BCUT2D eigenvalue weighted by Gasteiger charge is 2.42. The molecule has 0 aromatic heterocycles. The van der Waals surface area contributed by atoms with Gasteiger partial charge in [-0.25, -0.2) is 0 Å². The van der Waals surface area contributed by atoms with Gasteiger partial charge in [-0.05, 0) is 126 Å². The Labute approximate surface area is 347 Å². The summed E-state index contributed by atoms with van der Waals surface area (Å²) in [7, 11) is 0. The van der Waals surface area contributed by atoms with Crippen LogP contribution in [0.15, 0.2) is 200 Å². The van der Waals surface area contributed by atoms with Crippen molar-refractivity contribution in [3.8, 4) is 55.6 Å². The minimum atomic E-state index is -0.192. The van der Waals surface area contributed by atoms with Gasteiger partial charge in [-0.2, -0.15) is 0 Å². The molecule has 1 heteroatoms. The topological polar surface area (TPSA) is 3.24 Å². The number of hydrogen-bond acceptors (Lipinski definition) is 1. The molecule has 0 spiro atoms. The third-order valence-corrected chi connectivity index (χ3v) is 13.3. The van der Waals surface area contributed by atoms with E-state index in [2.05, 4.69) is 233 Å². The number of hydrogen-bond donors (Lipinski definition) is 0. The lowest BCUT2D eigenvalue weighted by atomic mass is 9.79. The Hall–Kier alpha value is -6.96. The molecule has 1 nitrogen and oxygen atoms in total. The van der Waals surface area contributed by atoms with Crippen molar-refractivity contribution in [3.63, 3.8) is 0 Å². The predicted molar refractivity (Wildman–Crippen MR) is 250 cm³/mol. The maximum atomic E-state index is 2.53. The highest BCUT2D eigenvalue weighted by atomic mass is 15.1. The maximum Gasteiger partial charge on any atom is 0.0543 e. The summed E-state index contributed by atoms with van der Waals surface area (Å²) in [5, 5.41) is 2.55. The zero-order valence-corrected chi connectivity index (χ0v) is 34.0. The molecule has 2 aliphatic carbocycles. The molecule has 9 aromatic rings.